The summed E-state index contributed by atoms with van der Waals surface area (Å²) in [6.45, 7) is 7.32. The number of tetrazole rings is 1. The molecule has 0 aliphatic rings. The summed E-state index contributed by atoms with van der Waals surface area (Å²) < 4.78 is 1.64. The average molecular weight is 206 g/mol. The van der Waals surface area contributed by atoms with Crippen molar-refractivity contribution in [2.75, 3.05) is 11.9 Å². The van der Waals surface area contributed by atoms with Crippen LogP contribution in [0.25, 0.3) is 5.65 Å². The second kappa shape index (κ2) is 3.45. The molecule has 6 heteroatoms. The molecule has 2 rings (SSSR count). The Labute approximate surface area is 87.7 Å². The van der Waals surface area contributed by atoms with E-state index in [2.05, 4.69) is 46.6 Å². The Morgan fingerprint density at radius 3 is 2.87 bits per heavy atom. The predicted octanol–water partition coefficient (Wildman–Crippen LogP) is 0.977. The van der Waals surface area contributed by atoms with Gasteiger partial charge in [0.1, 0.15) is 5.82 Å². The highest BCUT2D eigenvalue weighted by atomic mass is 15.5. The monoisotopic (exact) mass is 206 g/mol. The van der Waals surface area contributed by atoms with Gasteiger partial charge in [-0.15, -0.1) is 5.10 Å². The van der Waals surface area contributed by atoms with E-state index in [9.17, 15) is 0 Å². The molecule has 0 amide bonds. The average Bonchev–Trinajstić information content (AvgIpc) is 2.61. The topological polar surface area (TPSA) is 68.0 Å². The maximum Gasteiger partial charge on any atom is 0.199 e. The molecular weight excluding hydrogens is 192 g/mol. The van der Waals surface area contributed by atoms with Crippen molar-refractivity contribution in [2.24, 2.45) is 5.41 Å². The van der Waals surface area contributed by atoms with Crippen molar-refractivity contribution in [1.82, 2.24) is 25.0 Å². The zero-order chi connectivity index (χ0) is 10.9. The lowest BCUT2D eigenvalue weighted by Crippen LogP contribution is -2.20. The minimum atomic E-state index is 0.205. The van der Waals surface area contributed by atoms with Gasteiger partial charge in [0.2, 0.25) is 0 Å². The van der Waals surface area contributed by atoms with Gasteiger partial charge in [0.05, 0.1) is 12.4 Å². The van der Waals surface area contributed by atoms with Gasteiger partial charge in [0, 0.05) is 6.54 Å². The Hall–Kier alpha value is -1.72. The van der Waals surface area contributed by atoms with E-state index in [1.54, 1.807) is 16.9 Å². The molecule has 0 aliphatic carbocycles. The smallest absolute Gasteiger partial charge is 0.199 e. The molecule has 0 aliphatic heterocycles. The van der Waals surface area contributed by atoms with Crippen molar-refractivity contribution in [3.05, 3.63) is 12.4 Å². The molecule has 15 heavy (non-hydrogen) atoms. The summed E-state index contributed by atoms with van der Waals surface area (Å²) in [4.78, 5) is 4.06. The van der Waals surface area contributed by atoms with Crippen LogP contribution in [0.15, 0.2) is 12.4 Å². The number of aromatic nitrogens is 5. The minimum Gasteiger partial charge on any atom is -0.368 e. The van der Waals surface area contributed by atoms with E-state index >= 15 is 0 Å². The van der Waals surface area contributed by atoms with Crippen LogP contribution in [-0.2, 0) is 0 Å². The van der Waals surface area contributed by atoms with E-state index in [1.807, 2.05) is 0 Å². The highest BCUT2D eigenvalue weighted by Crippen LogP contribution is 2.14. The van der Waals surface area contributed by atoms with Crippen molar-refractivity contribution in [1.29, 1.82) is 0 Å². The number of hydrogen-bond acceptors (Lipinski definition) is 5. The molecule has 0 atom stereocenters. The van der Waals surface area contributed by atoms with Gasteiger partial charge in [-0.05, 0) is 15.8 Å². The van der Waals surface area contributed by atoms with Gasteiger partial charge in [0.25, 0.3) is 0 Å². The van der Waals surface area contributed by atoms with E-state index in [0.717, 1.165) is 12.4 Å². The molecule has 2 heterocycles. The molecule has 0 saturated heterocycles. The van der Waals surface area contributed by atoms with Crippen LogP contribution in [0.2, 0.25) is 0 Å². The van der Waals surface area contributed by atoms with E-state index in [0.29, 0.717) is 5.65 Å². The van der Waals surface area contributed by atoms with Gasteiger partial charge in [-0.3, -0.25) is 4.98 Å². The summed E-state index contributed by atoms with van der Waals surface area (Å²) in [7, 11) is 0. The molecule has 0 radical (unpaired) electrons. The number of hydrogen-bond donors (Lipinski definition) is 1. The van der Waals surface area contributed by atoms with Crippen molar-refractivity contribution in [3.63, 3.8) is 0 Å². The van der Waals surface area contributed by atoms with E-state index in [4.69, 9.17) is 0 Å². The van der Waals surface area contributed by atoms with E-state index in [1.165, 1.54) is 0 Å². The molecule has 80 valence electrons. The minimum absolute atomic E-state index is 0.205. The largest absolute Gasteiger partial charge is 0.368 e. The quantitative estimate of drug-likeness (QED) is 0.793. The van der Waals surface area contributed by atoms with Gasteiger partial charge in [-0.2, -0.15) is 4.52 Å². The normalized spacial score (nSPS) is 11.9. The van der Waals surface area contributed by atoms with Gasteiger partial charge in [-0.1, -0.05) is 20.8 Å². The standard InChI is InChI=1S/C9H14N6/c1-9(2,3)6-11-7-4-10-5-8-12-13-14-15(7)8/h4-5,11H,6H2,1-3H3. The zero-order valence-corrected chi connectivity index (χ0v) is 9.10. The van der Waals surface area contributed by atoms with Crippen LogP contribution in [-0.4, -0.2) is 31.6 Å². The highest BCUT2D eigenvalue weighted by Gasteiger charge is 2.11. The number of nitrogens with zero attached hydrogens (tertiary/aromatic N) is 5. The van der Waals surface area contributed by atoms with E-state index < -0.39 is 0 Å². The first-order valence-corrected chi connectivity index (χ1v) is 4.82. The summed E-state index contributed by atoms with van der Waals surface area (Å²) in [5.41, 5.74) is 0.852. The van der Waals surface area contributed by atoms with Crippen LogP contribution in [0, 0.1) is 5.41 Å². The molecule has 6 nitrogen and oxygen atoms in total. The molecule has 0 spiro atoms. The van der Waals surface area contributed by atoms with Crippen molar-refractivity contribution < 1.29 is 0 Å². The Balaban J connectivity index is 2.24. The first-order valence-electron chi connectivity index (χ1n) is 4.82. The first-order chi connectivity index (χ1) is 7.06. The fourth-order valence-electron chi connectivity index (χ4n) is 1.15. The molecule has 1 N–H and O–H groups in total. The number of rotatable bonds is 2. The van der Waals surface area contributed by atoms with Crippen LogP contribution in [0.3, 0.4) is 0 Å². The Morgan fingerprint density at radius 1 is 1.33 bits per heavy atom. The van der Waals surface area contributed by atoms with Crippen molar-refractivity contribution >= 4 is 11.5 Å². The van der Waals surface area contributed by atoms with Crippen LogP contribution in [0.5, 0.6) is 0 Å². The molecule has 0 fully saturated rings. The SMILES string of the molecule is CC(C)(C)CNc1cncc2nnnn12. The third-order valence-corrected chi connectivity index (χ3v) is 1.91. The molecule has 0 aromatic carbocycles. The van der Waals surface area contributed by atoms with Crippen LogP contribution >= 0.6 is 0 Å². The number of fused-ring (bicyclic) bond motifs is 1. The van der Waals surface area contributed by atoms with Gasteiger partial charge >= 0.3 is 0 Å². The summed E-state index contributed by atoms with van der Waals surface area (Å²) in [6, 6.07) is 0. The summed E-state index contributed by atoms with van der Waals surface area (Å²) in [5, 5.41) is 14.6. The number of nitrogens with one attached hydrogen (secondary N) is 1. The number of anilines is 1. The maximum atomic E-state index is 4.06. The lowest BCUT2D eigenvalue weighted by molar-refractivity contribution is 0.442. The second-order valence-electron chi connectivity index (χ2n) is 4.66. The summed E-state index contributed by atoms with van der Waals surface area (Å²) in [6.07, 6.45) is 3.34. The maximum absolute atomic E-state index is 4.06. The van der Waals surface area contributed by atoms with Crippen molar-refractivity contribution in [2.45, 2.75) is 20.8 Å². The summed E-state index contributed by atoms with van der Waals surface area (Å²) >= 11 is 0. The second-order valence-corrected chi connectivity index (χ2v) is 4.66. The van der Waals surface area contributed by atoms with Crippen molar-refractivity contribution in [3.8, 4) is 0 Å². The summed E-state index contributed by atoms with van der Waals surface area (Å²) in [5.74, 6) is 0.812. The van der Waals surface area contributed by atoms with E-state index in [-0.39, 0.29) is 5.41 Å². The van der Waals surface area contributed by atoms with Gasteiger partial charge in [0.15, 0.2) is 5.65 Å². The molecule has 0 unspecified atom stereocenters. The zero-order valence-electron chi connectivity index (χ0n) is 9.10. The molecule has 2 aromatic rings. The van der Waals surface area contributed by atoms with Crippen LogP contribution in [0.4, 0.5) is 5.82 Å². The third-order valence-electron chi connectivity index (χ3n) is 1.91. The fraction of sp³-hybridized carbons (Fsp3) is 0.556. The molecular formula is C9H14N6. The third kappa shape index (κ3) is 2.20. The Morgan fingerprint density at radius 2 is 2.13 bits per heavy atom. The Bertz CT molecular complexity index is 455. The Kier molecular flexibility index (Phi) is 2.26. The highest BCUT2D eigenvalue weighted by molar-refractivity contribution is 5.43. The molecule has 2 aromatic heterocycles. The van der Waals surface area contributed by atoms with Crippen LogP contribution < -0.4 is 5.32 Å². The molecule has 0 saturated carbocycles. The lowest BCUT2D eigenvalue weighted by atomic mass is 9.97. The molecule has 0 bridgehead atoms. The first kappa shape index (κ1) is 9.82. The van der Waals surface area contributed by atoms with Crippen LogP contribution in [0.1, 0.15) is 20.8 Å². The van der Waals surface area contributed by atoms with Gasteiger partial charge in [-0.25, -0.2) is 0 Å². The fourth-order valence-corrected chi connectivity index (χ4v) is 1.15. The van der Waals surface area contributed by atoms with Gasteiger partial charge < -0.3 is 5.32 Å². The lowest BCUT2D eigenvalue weighted by Gasteiger charge is -2.19. The predicted molar refractivity (Wildman–Crippen MR) is 56.5 cm³/mol.